The smallest absolute Gasteiger partial charge is 0.133 e. The molecule has 0 bridgehead atoms. The van der Waals surface area contributed by atoms with Crippen LogP contribution in [-0.2, 0) is 6.42 Å². The van der Waals surface area contributed by atoms with E-state index in [1.807, 2.05) is 13.0 Å². The normalized spacial score (nSPS) is 36.2. The Bertz CT molecular complexity index is 411. The lowest BCUT2D eigenvalue weighted by Gasteiger charge is -2.08. The van der Waals surface area contributed by atoms with E-state index >= 15 is 0 Å². The maximum absolute atomic E-state index is 9.49. The summed E-state index contributed by atoms with van der Waals surface area (Å²) in [5.74, 6) is 2.61. The van der Waals surface area contributed by atoms with Gasteiger partial charge in [0.05, 0.1) is 6.10 Å². The van der Waals surface area contributed by atoms with Crippen LogP contribution in [0.4, 0.5) is 0 Å². The zero-order valence-corrected chi connectivity index (χ0v) is 9.98. The van der Waals surface area contributed by atoms with Crippen LogP contribution in [-0.4, -0.2) is 21.2 Å². The van der Waals surface area contributed by atoms with Crippen molar-refractivity contribution in [1.82, 2.24) is 9.97 Å². The number of aromatic nitrogens is 2. The molecule has 0 amide bonds. The molecule has 0 saturated heterocycles. The van der Waals surface area contributed by atoms with Crippen LogP contribution in [0.15, 0.2) is 6.07 Å². The lowest BCUT2D eigenvalue weighted by molar-refractivity contribution is 0.165. The molecule has 2 fully saturated rings. The SMILES string of the molecule is CCc1nc(Cl)cc(C2[C@H]3CC(O)C[C@@H]23)n1. The minimum Gasteiger partial charge on any atom is -0.393 e. The van der Waals surface area contributed by atoms with Gasteiger partial charge in [-0.05, 0) is 30.7 Å². The highest BCUT2D eigenvalue weighted by molar-refractivity contribution is 6.29. The van der Waals surface area contributed by atoms with Gasteiger partial charge >= 0.3 is 0 Å². The van der Waals surface area contributed by atoms with E-state index in [1.165, 1.54) is 0 Å². The van der Waals surface area contributed by atoms with Gasteiger partial charge in [-0.15, -0.1) is 0 Å². The van der Waals surface area contributed by atoms with Crippen molar-refractivity contribution in [2.24, 2.45) is 11.8 Å². The van der Waals surface area contributed by atoms with Crippen molar-refractivity contribution in [3.8, 4) is 0 Å². The Morgan fingerprint density at radius 1 is 1.38 bits per heavy atom. The molecule has 1 aromatic rings. The van der Waals surface area contributed by atoms with Gasteiger partial charge in [0.1, 0.15) is 11.0 Å². The van der Waals surface area contributed by atoms with Gasteiger partial charge in [-0.25, -0.2) is 9.97 Å². The van der Waals surface area contributed by atoms with Crippen LogP contribution in [0.3, 0.4) is 0 Å². The Balaban J connectivity index is 1.84. The van der Waals surface area contributed by atoms with E-state index in [0.717, 1.165) is 30.8 Å². The Labute approximate surface area is 99.9 Å². The molecule has 2 saturated carbocycles. The van der Waals surface area contributed by atoms with Crippen LogP contribution < -0.4 is 0 Å². The van der Waals surface area contributed by atoms with Gasteiger partial charge in [0.2, 0.25) is 0 Å². The average Bonchev–Trinajstić information content (AvgIpc) is 2.76. The zero-order valence-electron chi connectivity index (χ0n) is 9.23. The Hall–Kier alpha value is -0.670. The lowest BCUT2D eigenvalue weighted by atomic mass is 10.1. The van der Waals surface area contributed by atoms with Gasteiger partial charge in [0.25, 0.3) is 0 Å². The van der Waals surface area contributed by atoms with Crippen LogP contribution in [0.2, 0.25) is 5.15 Å². The van der Waals surface area contributed by atoms with E-state index in [-0.39, 0.29) is 6.10 Å². The van der Waals surface area contributed by atoms with Crippen LogP contribution in [0.5, 0.6) is 0 Å². The lowest BCUT2D eigenvalue weighted by Crippen LogP contribution is -2.06. The average molecular weight is 239 g/mol. The minimum absolute atomic E-state index is 0.0887. The first kappa shape index (κ1) is 10.5. The maximum atomic E-state index is 9.49. The molecule has 0 aliphatic heterocycles. The van der Waals surface area contributed by atoms with Crippen molar-refractivity contribution in [2.45, 2.75) is 38.2 Å². The molecule has 1 heterocycles. The van der Waals surface area contributed by atoms with E-state index in [2.05, 4.69) is 9.97 Å². The second kappa shape index (κ2) is 3.67. The molecule has 2 unspecified atom stereocenters. The number of fused-ring (bicyclic) bond motifs is 1. The summed E-state index contributed by atoms with van der Waals surface area (Å²) in [6, 6.07) is 1.89. The monoisotopic (exact) mass is 238 g/mol. The van der Waals surface area contributed by atoms with Crippen molar-refractivity contribution < 1.29 is 5.11 Å². The van der Waals surface area contributed by atoms with Crippen LogP contribution in [0.25, 0.3) is 0 Å². The van der Waals surface area contributed by atoms with Gasteiger partial charge < -0.3 is 5.11 Å². The summed E-state index contributed by atoms with van der Waals surface area (Å²) in [6.45, 7) is 2.03. The van der Waals surface area contributed by atoms with Crippen molar-refractivity contribution in [3.05, 3.63) is 22.7 Å². The molecule has 3 rings (SSSR count). The number of aliphatic hydroxyl groups is 1. The molecule has 0 aromatic carbocycles. The molecule has 4 atom stereocenters. The molecule has 3 nitrogen and oxygen atoms in total. The van der Waals surface area contributed by atoms with Crippen molar-refractivity contribution in [2.75, 3.05) is 0 Å². The van der Waals surface area contributed by atoms with Crippen LogP contribution >= 0.6 is 11.6 Å². The summed E-state index contributed by atoms with van der Waals surface area (Å²) in [6.07, 6.45) is 2.59. The Morgan fingerprint density at radius 2 is 2.06 bits per heavy atom. The largest absolute Gasteiger partial charge is 0.393 e. The molecular weight excluding hydrogens is 224 g/mol. The molecule has 4 heteroatoms. The van der Waals surface area contributed by atoms with Crippen LogP contribution in [0.1, 0.15) is 37.2 Å². The highest BCUT2D eigenvalue weighted by atomic mass is 35.5. The Morgan fingerprint density at radius 3 is 2.69 bits per heavy atom. The summed E-state index contributed by atoms with van der Waals surface area (Å²) in [7, 11) is 0. The van der Waals surface area contributed by atoms with Gasteiger partial charge in [-0.3, -0.25) is 0 Å². The second-order valence-electron chi connectivity index (χ2n) is 4.86. The van der Waals surface area contributed by atoms with Crippen molar-refractivity contribution in [3.63, 3.8) is 0 Å². The van der Waals surface area contributed by atoms with Crippen molar-refractivity contribution in [1.29, 1.82) is 0 Å². The summed E-state index contributed by atoms with van der Waals surface area (Å²) < 4.78 is 0. The number of rotatable bonds is 2. The quantitative estimate of drug-likeness (QED) is 0.804. The molecule has 0 radical (unpaired) electrons. The minimum atomic E-state index is -0.0887. The number of hydrogen-bond acceptors (Lipinski definition) is 3. The van der Waals surface area contributed by atoms with E-state index in [1.54, 1.807) is 0 Å². The topological polar surface area (TPSA) is 46.0 Å². The molecule has 2 aliphatic rings. The highest BCUT2D eigenvalue weighted by Crippen LogP contribution is 2.62. The second-order valence-corrected chi connectivity index (χ2v) is 5.25. The fraction of sp³-hybridized carbons (Fsp3) is 0.667. The molecular formula is C12H15ClN2O. The number of halogens is 1. The third-order valence-corrected chi connectivity index (χ3v) is 4.03. The summed E-state index contributed by atoms with van der Waals surface area (Å²) in [5.41, 5.74) is 1.08. The maximum Gasteiger partial charge on any atom is 0.133 e. The van der Waals surface area contributed by atoms with Gasteiger partial charge in [-0.2, -0.15) is 0 Å². The zero-order chi connectivity index (χ0) is 11.3. The molecule has 1 aromatic heterocycles. The molecule has 86 valence electrons. The highest BCUT2D eigenvalue weighted by Gasteiger charge is 2.57. The predicted molar refractivity (Wildman–Crippen MR) is 61.4 cm³/mol. The molecule has 16 heavy (non-hydrogen) atoms. The standard InChI is InChI=1S/C12H15ClN2O/c1-2-11-14-9(5-10(13)15-11)12-7-3-6(16)4-8(7)12/h5-8,12,16H,2-4H2,1H3/t6?,7-,8+,12?. The number of aliphatic hydroxyl groups excluding tert-OH is 1. The molecule has 1 N–H and O–H groups in total. The molecule has 0 spiro atoms. The molecule has 2 aliphatic carbocycles. The third-order valence-electron chi connectivity index (χ3n) is 3.84. The summed E-state index contributed by atoms with van der Waals surface area (Å²) >= 11 is 5.99. The number of nitrogens with zero attached hydrogens (tertiary/aromatic N) is 2. The van der Waals surface area contributed by atoms with Gasteiger partial charge in [0.15, 0.2) is 0 Å². The van der Waals surface area contributed by atoms with E-state index in [9.17, 15) is 5.11 Å². The summed E-state index contributed by atoms with van der Waals surface area (Å²) in [5, 5.41) is 10.0. The van der Waals surface area contributed by atoms with E-state index in [0.29, 0.717) is 22.9 Å². The fourth-order valence-corrected chi connectivity index (χ4v) is 3.27. The Kier molecular flexibility index (Phi) is 2.41. The van der Waals surface area contributed by atoms with Gasteiger partial charge in [0, 0.05) is 18.0 Å². The summed E-state index contributed by atoms with van der Waals surface area (Å²) in [4.78, 5) is 8.72. The first-order valence-electron chi connectivity index (χ1n) is 5.90. The van der Waals surface area contributed by atoms with Crippen LogP contribution in [0, 0.1) is 11.8 Å². The predicted octanol–water partition coefficient (Wildman–Crippen LogP) is 2.18. The fourth-order valence-electron chi connectivity index (χ4n) is 3.06. The van der Waals surface area contributed by atoms with Gasteiger partial charge in [-0.1, -0.05) is 18.5 Å². The first-order valence-corrected chi connectivity index (χ1v) is 6.28. The number of hydrogen-bond donors (Lipinski definition) is 1. The van der Waals surface area contributed by atoms with E-state index in [4.69, 9.17) is 11.6 Å². The first-order chi connectivity index (χ1) is 7.69. The third kappa shape index (κ3) is 1.62. The van der Waals surface area contributed by atoms with Crippen molar-refractivity contribution >= 4 is 11.6 Å². The van der Waals surface area contributed by atoms with E-state index < -0.39 is 0 Å². The number of aryl methyl sites for hydroxylation is 1.